The van der Waals surface area contributed by atoms with Crippen LogP contribution in [0.3, 0.4) is 0 Å². The van der Waals surface area contributed by atoms with Crippen molar-refractivity contribution in [3.05, 3.63) is 54.1 Å². The number of likely N-dealkylation sites (N-methyl/N-ethyl adjacent to an activating group) is 1. The average Bonchev–Trinajstić information content (AvgIpc) is 2.74. The van der Waals surface area contributed by atoms with Crippen LogP contribution in [0.1, 0.15) is 11.6 Å². The molecule has 0 bridgehead atoms. The molecule has 2 N–H and O–H groups in total. The van der Waals surface area contributed by atoms with Crippen molar-refractivity contribution < 1.29 is 4.79 Å². The molecule has 2 aromatic rings. The van der Waals surface area contributed by atoms with Gasteiger partial charge in [0.05, 0.1) is 5.69 Å². The number of anilines is 1. The number of carbonyl (C=O) groups is 1. The molecule has 0 radical (unpaired) electrons. The van der Waals surface area contributed by atoms with E-state index < -0.39 is 0 Å². The Bertz CT molecular complexity index is 593. The first-order chi connectivity index (χ1) is 8.81. The van der Waals surface area contributed by atoms with Gasteiger partial charge in [0.25, 0.3) is 0 Å². The van der Waals surface area contributed by atoms with Crippen molar-refractivity contribution >= 4 is 11.6 Å². The summed E-state index contributed by atoms with van der Waals surface area (Å²) in [6.45, 7) is 0. The van der Waals surface area contributed by atoms with Crippen molar-refractivity contribution in [2.75, 3.05) is 12.4 Å². The fourth-order valence-corrected chi connectivity index (χ4v) is 2.43. The maximum Gasteiger partial charge on any atom is 0.246 e. The number of hydrogen-bond acceptors (Lipinski definition) is 2. The maximum atomic E-state index is 11.9. The molecule has 0 saturated carbocycles. The Balaban J connectivity index is 2.16. The lowest BCUT2D eigenvalue weighted by molar-refractivity contribution is -0.117. The van der Waals surface area contributed by atoms with Crippen LogP contribution in [0.4, 0.5) is 5.69 Å². The number of hydrogen-bond donors (Lipinski definition) is 2. The van der Waals surface area contributed by atoms with Crippen molar-refractivity contribution in [1.29, 1.82) is 0 Å². The Kier molecular flexibility index (Phi) is 2.61. The summed E-state index contributed by atoms with van der Waals surface area (Å²) in [6, 6.07) is 15.9. The molecular formula is C15H14N2O. The zero-order valence-corrected chi connectivity index (χ0v) is 10.1. The standard InChI is InChI=1S/C15H14N2O/c1-16-14-12-9-5-8-11(13(12)17-15(14)18)10-6-3-2-4-7-10/h2-9,14,16H,1H3,(H,17,18). The number of para-hydroxylation sites is 1. The molecule has 90 valence electrons. The van der Waals surface area contributed by atoms with Gasteiger partial charge in [-0.2, -0.15) is 0 Å². The lowest BCUT2D eigenvalue weighted by Crippen LogP contribution is -2.23. The van der Waals surface area contributed by atoms with Gasteiger partial charge in [-0.15, -0.1) is 0 Å². The molecule has 18 heavy (non-hydrogen) atoms. The van der Waals surface area contributed by atoms with Crippen LogP contribution in [0.15, 0.2) is 48.5 Å². The Morgan fingerprint density at radius 3 is 2.56 bits per heavy atom. The number of nitrogens with one attached hydrogen (secondary N) is 2. The van der Waals surface area contributed by atoms with Crippen LogP contribution < -0.4 is 10.6 Å². The van der Waals surface area contributed by atoms with Crippen LogP contribution >= 0.6 is 0 Å². The topological polar surface area (TPSA) is 41.1 Å². The third-order valence-corrected chi connectivity index (χ3v) is 3.29. The largest absolute Gasteiger partial charge is 0.324 e. The van der Waals surface area contributed by atoms with Crippen LogP contribution in [0.2, 0.25) is 0 Å². The molecule has 0 saturated heterocycles. The van der Waals surface area contributed by atoms with Crippen molar-refractivity contribution in [2.24, 2.45) is 0 Å². The van der Waals surface area contributed by atoms with E-state index in [0.717, 1.165) is 22.4 Å². The van der Waals surface area contributed by atoms with Gasteiger partial charge in [0.2, 0.25) is 5.91 Å². The molecular weight excluding hydrogens is 224 g/mol. The van der Waals surface area contributed by atoms with E-state index in [9.17, 15) is 4.79 Å². The summed E-state index contributed by atoms with van der Waals surface area (Å²) in [7, 11) is 1.80. The van der Waals surface area contributed by atoms with E-state index in [0.29, 0.717) is 0 Å². The molecule has 1 amide bonds. The summed E-state index contributed by atoms with van der Waals surface area (Å²) < 4.78 is 0. The van der Waals surface area contributed by atoms with Crippen molar-refractivity contribution in [2.45, 2.75) is 6.04 Å². The first kappa shape index (κ1) is 11.0. The summed E-state index contributed by atoms with van der Waals surface area (Å²) >= 11 is 0. The van der Waals surface area contributed by atoms with E-state index in [2.05, 4.69) is 22.8 Å². The zero-order chi connectivity index (χ0) is 12.5. The number of benzene rings is 2. The number of fused-ring (bicyclic) bond motifs is 1. The van der Waals surface area contributed by atoms with Crippen LogP contribution in [-0.2, 0) is 4.79 Å². The van der Waals surface area contributed by atoms with E-state index in [1.54, 1.807) is 7.05 Å². The summed E-state index contributed by atoms with van der Waals surface area (Å²) in [5.41, 5.74) is 4.13. The second-order valence-electron chi connectivity index (χ2n) is 4.35. The highest BCUT2D eigenvalue weighted by atomic mass is 16.2. The molecule has 1 unspecified atom stereocenters. The van der Waals surface area contributed by atoms with E-state index in [-0.39, 0.29) is 11.9 Å². The van der Waals surface area contributed by atoms with Crippen molar-refractivity contribution in [1.82, 2.24) is 5.32 Å². The number of carbonyl (C=O) groups excluding carboxylic acids is 1. The lowest BCUT2D eigenvalue weighted by Gasteiger charge is -2.09. The minimum absolute atomic E-state index is 0.0101. The minimum Gasteiger partial charge on any atom is -0.324 e. The highest BCUT2D eigenvalue weighted by Crippen LogP contribution is 2.38. The average molecular weight is 238 g/mol. The van der Waals surface area contributed by atoms with Crippen molar-refractivity contribution in [3.8, 4) is 11.1 Å². The summed E-state index contributed by atoms with van der Waals surface area (Å²) in [4.78, 5) is 11.9. The van der Waals surface area contributed by atoms with Crippen LogP contribution in [0.5, 0.6) is 0 Å². The monoisotopic (exact) mass is 238 g/mol. The fourth-order valence-electron chi connectivity index (χ4n) is 2.43. The van der Waals surface area contributed by atoms with Gasteiger partial charge in [0.15, 0.2) is 0 Å². The second kappa shape index (κ2) is 4.27. The van der Waals surface area contributed by atoms with E-state index >= 15 is 0 Å². The van der Waals surface area contributed by atoms with Gasteiger partial charge in [-0.1, -0.05) is 48.5 Å². The third kappa shape index (κ3) is 1.60. The normalized spacial score (nSPS) is 17.4. The lowest BCUT2D eigenvalue weighted by atomic mass is 9.99. The minimum atomic E-state index is -0.247. The second-order valence-corrected chi connectivity index (χ2v) is 4.35. The molecule has 3 nitrogen and oxygen atoms in total. The molecule has 0 spiro atoms. The predicted octanol–water partition coefficient (Wildman–Crippen LogP) is 2.57. The van der Waals surface area contributed by atoms with Gasteiger partial charge in [0.1, 0.15) is 6.04 Å². The van der Waals surface area contributed by atoms with E-state index in [1.807, 2.05) is 36.4 Å². The molecule has 0 aliphatic carbocycles. The van der Waals surface area contributed by atoms with Gasteiger partial charge in [-0.05, 0) is 12.6 Å². The number of amides is 1. The van der Waals surface area contributed by atoms with Gasteiger partial charge < -0.3 is 10.6 Å². The van der Waals surface area contributed by atoms with Gasteiger partial charge >= 0.3 is 0 Å². The van der Waals surface area contributed by atoms with E-state index in [1.165, 1.54) is 0 Å². The highest BCUT2D eigenvalue weighted by Gasteiger charge is 2.30. The van der Waals surface area contributed by atoms with Gasteiger partial charge in [0, 0.05) is 11.1 Å². The molecule has 1 heterocycles. The van der Waals surface area contributed by atoms with Crippen LogP contribution in [-0.4, -0.2) is 13.0 Å². The van der Waals surface area contributed by atoms with Crippen LogP contribution in [0.25, 0.3) is 11.1 Å². The highest BCUT2D eigenvalue weighted by molar-refractivity contribution is 6.06. The molecule has 1 atom stereocenters. The summed E-state index contributed by atoms with van der Waals surface area (Å²) in [5, 5.41) is 6.00. The molecule has 1 aliphatic heterocycles. The SMILES string of the molecule is CNC1C(=O)Nc2c(-c3ccccc3)cccc21. The maximum absolute atomic E-state index is 11.9. The quantitative estimate of drug-likeness (QED) is 0.844. The molecule has 3 rings (SSSR count). The molecule has 0 aromatic heterocycles. The summed E-state index contributed by atoms with van der Waals surface area (Å²) in [5.74, 6) is 0.0101. The Morgan fingerprint density at radius 1 is 1.06 bits per heavy atom. The zero-order valence-electron chi connectivity index (χ0n) is 10.1. The Morgan fingerprint density at radius 2 is 1.83 bits per heavy atom. The Labute approximate surface area is 106 Å². The van der Waals surface area contributed by atoms with Crippen LogP contribution in [0, 0.1) is 0 Å². The third-order valence-electron chi connectivity index (χ3n) is 3.29. The predicted molar refractivity (Wildman–Crippen MR) is 72.3 cm³/mol. The Hall–Kier alpha value is -2.13. The molecule has 2 aromatic carbocycles. The van der Waals surface area contributed by atoms with E-state index in [4.69, 9.17) is 0 Å². The molecule has 0 fully saturated rings. The van der Waals surface area contributed by atoms with Gasteiger partial charge in [-0.3, -0.25) is 4.79 Å². The smallest absolute Gasteiger partial charge is 0.246 e. The first-order valence-corrected chi connectivity index (χ1v) is 5.97. The molecule has 1 aliphatic rings. The summed E-state index contributed by atoms with van der Waals surface area (Å²) in [6.07, 6.45) is 0. The van der Waals surface area contributed by atoms with Gasteiger partial charge in [-0.25, -0.2) is 0 Å². The first-order valence-electron chi connectivity index (χ1n) is 5.97. The number of rotatable bonds is 2. The molecule has 3 heteroatoms. The van der Waals surface area contributed by atoms with Crippen molar-refractivity contribution in [3.63, 3.8) is 0 Å². The fraction of sp³-hybridized carbons (Fsp3) is 0.133.